The number of anilines is 1. The summed E-state index contributed by atoms with van der Waals surface area (Å²) in [6, 6.07) is 12.9. The van der Waals surface area contributed by atoms with E-state index >= 15 is 0 Å². The molecular weight excluding hydrogens is 446 g/mol. The van der Waals surface area contributed by atoms with E-state index in [4.69, 9.17) is 14.2 Å². The van der Waals surface area contributed by atoms with E-state index in [9.17, 15) is 9.90 Å². The summed E-state index contributed by atoms with van der Waals surface area (Å²) in [6.45, 7) is 3.66. The van der Waals surface area contributed by atoms with Gasteiger partial charge in [0.15, 0.2) is 0 Å². The van der Waals surface area contributed by atoms with Crippen molar-refractivity contribution in [3.8, 4) is 17.4 Å². The topological polar surface area (TPSA) is 94.8 Å². The van der Waals surface area contributed by atoms with Crippen LogP contribution in [-0.2, 0) is 24.6 Å². The van der Waals surface area contributed by atoms with Crippen LogP contribution in [0.2, 0.25) is 0 Å². The van der Waals surface area contributed by atoms with Gasteiger partial charge in [-0.3, -0.25) is 4.79 Å². The molecule has 35 heavy (non-hydrogen) atoms. The van der Waals surface area contributed by atoms with Crippen LogP contribution in [0.15, 0.2) is 48.7 Å². The predicted octanol–water partition coefficient (Wildman–Crippen LogP) is 4.51. The molecule has 186 valence electrons. The molecule has 2 aromatic heterocycles. The molecule has 0 bridgehead atoms. The van der Waals surface area contributed by atoms with Crippen molar-refractivity contribution in [3.05, 3.63) is 65.5 Å². The molecule has 2 N–H and O–H groups in total. The lowest BCUT2D eigenvalue weighted by Crippen LogP contribution is -2.26. The van der Waals surface area contributed by atoms with Gasteiger partial charge in [0, 0.05) is 25.9 Å². The normalized spacial score (nSPS) is 15.5. The van der Waals surface area contributed by atoms with Crippen molar-refractivity contribution in [2.24, 2.45) is 7.05 Å². The second-order valence-electron chi connectivity index (χ2n) is 8.64. The molecule has 3 aromatic rings. The molecule has 8 heteroatoms. The van der Waals surface area contributed by atoms with E-state index in [1.807, 2.05) is 50.5 Å². The molecule has 4 rings (SSSR count). The Morgan fingerprint density at radius 2 is 2.03 bits per heavy atom. The van der Waals surface area contributed by atoms with Crippen LogP contribution in [0.1, 0.15) is 47.8 Å². The lowest BCUT2D eigenvalue weighted by molar-refractivity contribution is -0.0120. The lowest BCUT2D eigenvalue weighted by Gasteiger charge is -2.22. The molecule has 0 radical (unpaired) electrons. The van der Waals surface area contributed by atoms with Gasteiger partial charge in [-0.15, -0.1) is 0 Å². The Morgan fingerprint density at radius 1 is 1.20 bits per heavy atom. The van der Waals surface area contributed by atoms with Crippen molar-refractivity contribution in [1.82, 2.24) is 9.55 Å². The van der Waals surface area contributed by atoms with E-state index < -0.39 is 5.91 Å². The largest absolute Gasteiger partial charge is 0.507 e. The highest BCUT2D eigenvalue weighted by Crippen LogP contribution is 2.28. The summed E-state index contributed by atoms with van der Waals surface area (Å²) in [5, 5.41) is 13.7. The number of aromatic hydroxyl groups is 1. The highest BCUT2D eigenvalue weighted by molar-refractivity contribution is 6.06. The Kier molecular flexibility index (Phi) is 8.26. The highest BCUT2D eigenvalue weighted by Gasteiger charge is 2.22. The Morgan fingerprint density at radius 3 is 2.71 bits per heavy atom. The molecule has 1 aliphatic heterocycles. The van der Waals surface area contributed by atoms with E-state index in [0.29, 0.717) is 37.6 Å². The van der Waals surface area contributed by atoms with Crippen LogP contribution in [0.4, 0.5) is 5.82 Å². The number of amides is 1. The maximum absolute atomic E-state index is 13.1. The molecule has 0 saturated carbocycles. The first-order valence-corrected chi connectivity index (χ1v) is 12.1. The molecule has 1 aromatic carbocycles. The molecule has 1 saturated heterocycles. The van der Waals surface area contributed by atoms with Crippen LogP contribution in [0.5, 0.6) is 17.4 Å². The first kappa shape index (κ1) is 24.6. The summed E-state index contributed by atoms with van der Waals surface area (Å²) in [5.41, 5.74) is 1.70. The predicted molar refractivity (Wildman–Crippen MR) is 133 cm³/mol. The van der Waals surface area contributed by atoms with Crippen molar-refractivity contribution in [1.29, 1.82) is 0 Å². The van der Waals surface area contributed by atoms with E-state index in [1.165, 1.54) is 6.07 Å². The third-order valence-corrected chi connectivity index (χ3v) is 6.04. The van der Waals surface area contributed by atoms with Gasteiger partial charge in [0.05, 0.1) is 18.4 Å². The number of hydrogen-bond acceptors (Lipinski definition) is 6. The smallest absolute Gasteiger partial charge is 0.262 e. The number of aromatic nitrogens is 2. The SMILES string of the molecule is CCOc1ccc(CCc2nc(OCC3CCCCO3)cc(O)c2C(=O)Nc2cccn2C)cc1. The highest BCUT2D eigenvalue weighted by atomic mass is 16.5. The summed E-state index contributed by atoms with van der Waals surface area (Å²) in [7, 11) is 1.84. The van der Waals surface area contributed by atoms with Crippen LogP contribution in [0.3, 0.4) is 0 Å². The summed E-state index contributed by atoms with van der Waals surface area (Å²) < 4.78 is 18.9. The van der Waals surface area contributed by atoms with Gasteiger partial charge >= 0.3 is 0 Å². The Labute approximate surface area is 205 Å². The van der Waals surface area contributed by atoms with Gasteiger partial charge in [-0.05, 0) is 68.9 Å². The zero-order chi connectivity index (χ0) is 24.6. The standard InChI is InChI=1S/C27H33N3O5/c1-3-33-20-12-9-19(10-13-20)11-14-22-26(27(32)29-24-8-6-15-30(24)2)23(31)17-25(28-22)35-18-21-7-4-5-16-34-21/h6,8-10,12-13,15,17,21H,3-5,7,11,14,16,18H2,1-2H3,(H,28,31)(H,29,32). The number of ether oxygens (including phenoxy) is 3. The molecule has 0 aliphatic carbocycles. The van der Waals surface area contributed by atoms with Crippen molar-refractivity contribution < 1.29 is 24.1 Å². The average molecular weight is 480 g/mol. The van der Waals surface area contributed by atoms with Crippen LogP contribution >= 0.6 is 0 Å². The number of pyridine rings is 1. The van der Waals surface area contributed by atoms with Crippen molar-refractivity contribution in [2.45, 2.75) is 45.1 Å². The first-order valence-electron chi connectivity index (χ1n) is 12.1. The van der Waals surface area contributed by atoms with Gasteiger partial charge in [-0.25, -0.2) is 4.98 Å². The van der Waals surface area contributed by atoms with E-state index in [0.717, 1.165) is 37.2 Å². The second kappa shape index (κ2) is 11.8. The molecule has 1 amide bonds. The van der Waals surface area contributed by atoms with Gasteiger partial charge in [0.2, 0.25) is 5.88 Å². The fraction of sp³-hybridized carbons (Fsp3) is 0.407. The molecular formula is C27H33N3O5. The van der Waals surface area contributed by atoms with Crippen molar-refractivity contribution in [3.63, 3.8) is 0 Å². The maximum atomic E-state index is 13.1. The minimum Gasteiger partial charge on any atom is -0.507 e. The Balaban J connectivity index is 1.54. The van der Waals surface area contributed by atoms with Crippen LogP contribution in [0, 0.1) is 0 Å². The summed E-state index contributed by atoms with van der Waals surface area (Å²) in [5.74, 6) is 1.15. The number of hydrogen-bond donors (Lipinski definition) is 2. The van der Waals surface area contributed by atoms with Gasteiger partial charge in [-0.1, -0.05) is 12.1 Å². The van der Waals surface area contributed by atoms with Gasteiger partial charge < -0.3 is 29.2 Å². The quantitative estimate of drug-likeness (QED) is 0.444. The monoisotopic (exact) mass is 479 g/mol. The molecule has 1 fully saturated rings. The molecule has 8 nitrogen and oxygen atoms in total. The summed E-state index contributed by atoms with van der Waals surface area (Å²) in [4.78, 5) is 17.8. The zero-order valence-electron chi connectivity index (χ0n) is 20.3. The number of nitrogens with one attached hydrogen (secondary N) is 1. The van der Waals surface area contributed by atoms with Crippen LogP contribution < -0.4 is 14.8 Å². The third kappa shape index (κ3) is 6.54. The number of carbonyl (C=O) groups is 1. The fourth-order valence-corrected chi connectivity index (χ4v) is 4.13. The zero-order valence-corrected chi connectivity index (χ0v) is 20.3. The number of carbonyl (C=O) groups excluding carboxylic acids is 1. The van der Waals surface area contributed by atoms with Crippen molar-refractivity contribution >= 4 is 11.7 Å². The molecule has 1 atom stereocenters. The first-order chi connectivity index (χ1) is 17.0. The van der Waals surface area contributed by atoms with Crippen LogP contribution in [0.25, 0.3) is 0 Å². The summed E-state index contributed by atoms with van der Waals surface area (Å²) in [6.07, 6.45) is 6.06. The minimum absolute atomic E-state index is 0.0142. The number of rotatable bonds is 10. The van der Waals surface area contributed by atoms with E-state index in [-0.39, 0.29) is 23.3 Å². The third-order valence-electron chi connectivity index (χ3n) is 6.04. The van der Waals surface area contributed by atoms with Gasteiger partial charge in [-0.2, -0.15) is 0 Å². The van der Waals surface area contributed by atoms with Gasteiger partial charge in [0.25, 0.3) is 5.91 Å². The minimum atomic E-state index is -0.416. The molecule has 0 spiro atoms. The lowest BCUT2D eigenvalue weighted by atomic mass is 10.0. The molecule has 3 heterocycles. The second-order valence-corrected chi connectivity index (χ2v) is 8.64. The maximum Gasteiger partial charge on any atom is 0.262 e. The van der Waals surface area contributed by atoms with Crippen molar-refractivity contribution in [2.75, 3.05) is 25.1 Å². The number of aryl methyl sites for hydroxylation is 3. The molecule has 1 aliphatic rings. The average Bonchev–Trinajstić information content (AvgIpc) is 3.27. The Bertz CT molecular complexity index is 1120. The molecule has 1 unspecified atom stereocenters. The van der Waals surface area contributed by atoms with Gasteiger partial charge in [0.1, 0.15) is 29.5 Å². The number of nitrogens with zero attached hydrogens (tertiary/aromatic N) is 2. The fourth-order valence-electron chi connectivity index (χ4n) is 4.13. The van der Waals surface area contributed by atoms with E-state index in [2.05, 4.69) is 10.3 Å². The van der Waals surface area contributed by atoms with Crippen LogP contribution in [-0.4, -0.2) is 46.5 Å². The number of benzene rings is 1. The Hall–Kier alpha value is -3.52. The summed E-state index contributed by atoms with van der Waals surface area (Å²) >= 11 is 0. The van der Waals surface area contributed by atoms with E-state index in [1.54, 1.807) is 10.6 Å².